The van der Waals surface area contributed by atoms with Gasteiger partial charge in [-0.15, -0.1) is 0 Å². The molecule has 4 heteroatoms. The molecule has 0 aromatic heterocycles. The summed E-state index contributed by atoms with van der Waals surface area (Å²) in [4.78, 5) is 0. The topological polar surface area (TPSA) is 24.1 Å². The Morgan fingerprint density at radius 1 is 1.09 bits per heavy atom. The van der Waals surface area contributed by atoms with Gasteiger partial charge in [0.1, 0.15) is 5.82 Å². The van der Waals surface area contributed by atoms with Crippen molar-refractivity contribution in [2.24, 2.45) is 0 Å². The number of hydrogen-bond acceptors (Lipinski definition) is 1. The maximum Gasteiger partial charge on any atom is 0.175 e. The summed E-state index contributed by atoms with van der Waals surface area (Å²) in [5, 5.41) is 6.33. The van der Waals surface area contributed by atoms with E-state index in [2.05, 4.69) is 29.7 Å². The molecule has 0 saturated carbocycles. The summed E-state index contributed by atoms with van der Waals surface area (Å²) in [6.07, 6.45) is 3.48. The summed E-state index contributed by atoms with van der Waals surface area (Å²) < 4.78 is 13.8. The number of nitrogens with one attached hydrogen (secondary N) is 2. The molecular weight excluding hydrogens is 295 g/mol. The Balaban J connectivity index is 1.94. The average Bonchev–Trinajstić information content (AvgIpc) is 2.49. The van der Waals surface area contributed by atoms with Crippen LogP contribution < -0.4 is 10.6 Å². The second-order valence-corrected chi connectivity index (χ2v) is 5.77. The maximum atomic E-state index is 13.8. The van der Waals surface area contributed by atoms with Crippen molar-refractivity contribution in [3.05, 3.63) is 59.4 Å². The van der Waals surface area contributed by atoms with E-state index in [1.165, 1.54) is 24.5 Å². The third-order valence-corrected chi connectivity index (χ3v) is 3.61. The SMILES string of the molecule is CCCCc1ccc(NC(=S)Nc2ccc(C)cc2F)cc1. The molecule has 116 valence electrons. The van der Waals surface area contributed by atoms with Gasteiger partial charge in [0, 0.05) is 5.69 Å². The average molecular weight is 316 g/mol. The van der Waals surface area contributed by atoms with E-state index < -0.39 is 0 Å². The van der Waals surface area contributed by atoms with Crippen LogP contribution in [-0.4, -0.2) is 5.11 Å². The number of anilines is 2. The van der Waals surface area contributed by atoms with Crippen LogP contribution in [0.25, 0.3) is 0 Å². The molecule has 0 saturated heterocycles. The van der Waals surface area contributed by atoms with Crippen molar-refractivity contribution in [2.45, 2.75) is 33.1 Å². The molecule has 0 aliphatic heterocycles. The van der Waals surface area contributed by atoms with Gasteiger partial charge in [-0.2, -0.15) is 0 Å². The predicted molar refractivity (Wildman–Crippen MR) is 96.0 cm³/mol. The Morgan fingerprint density at radius 3 is 2.45 bits per heavy atom. The fourth-order valence-corrected chi connectivity index (χ4v) is 2.37. The highest BCUT2D eigenvalue weighted by Gasteiger charge is 2.04. The molecule has 0 radical (unpaired) electrons. The van der Waals surface area contributed by atoms with E-state index in [1.54, 1.807) is 6.07 Å². The van der Waals surface area contributed by atoms with Crippen LogP contribution in [0.2, 0.25) is 0 Å². The Bertz CT molecular complexity index is 638. The Hall–Kier alpha value is -1.94. The second-order valence-electron chi connectivity index (χ2n) is 5.36. The van der Waals surface area contributed by atoms with Gasteiger partial charge in [-0.3, -0.25) is 0 Å². The third-order valence-electron chi connectivity index (χ3n) is 3.40. The van der Waals surface area contributed by atoms with Gasteiger partial charge in [-0.05, 0) is 67.4 Å². The highest BCUT2D eigenvalue weighted by atomic mass is 32.1. The largest absolute Gasteiger partial charge is 0.332 e. The molecule has 0 aliphatic rings. The van der Waals surface area contributed by atoms with E-state index in [0.717, 1.165) is 17.7 Å². The molecular formula is C18H21FN2S. The van der Waals surface area contributed by atoms with Crippen LogP contribution in [0.5, 0.6) is 0 Å². The molecule has 0 unspecified atom stereocenters. The molecule has 0 amide bonds. The summed E-state index contributed by atoms with van der Waals surface area (Å²) in [6, 6.07) is 13.2. The Kier molecular flexibility index (Phi) is 5.90. The molecule has 0 fully saturated rings. The van der Waals surface area contributed by atoms with Gasteiger partial charge in [-0.25, -0.2) is 4.39 Å². The molecule has 0 heterocycles. The maximum absolute atomic E-state index is 13.8. The quantitative estimate of drug-likeness (QED) is 0.733. The standard InChI is InChI=1S/C18H21FN2S/c1-3-4-5-14-7-9-15(10-8-14)20-18(22)21-17-11-6-13(2)12-16(17)19/h6-12H,3-5H2,1-2H3,(H2,20,21,22). The van der Waals surface area contributed by atoms with Gasteiger partial charge >= 0.3 is 0 Å². The van der Waals surface area contributed by atoms with Gasteiger partial charge in [0.15, 0.2) is 5.11 Å². The minimum absolute atomic E-state index is 0.306. The molecule has 22 heavy (non-hydrogen) atoms. The zero-order chi connectivity index (χ0) is 15.9. The Morgan fingerprint density at radius 2 is 1.82 bits per heavy atom. The minimum atomic E-state index is -0.306. The van der Waals surface area contributed by atoms with Crippen LogP contribution in [0, 0.1) is 12.7 Å². The second kappa shape index (κ2) is 7.90. The molecule has 0 aliphatic carbocycles. The predicted octanol–water partition coefficient (Wildman–Crippen LogP) is 5.29. The zero-order valence-electron chi connectivity index (χ0n) is 12.9. The van der Waals surface area contributed by atoms with E-state index in [-0.39, 0.29) is 5.82 Å². The summed E-state index contributed by atoms with van der Waals surface area (Å²) >= 11 is 5.22. The van der Waals surface area contributed by atoms with Crippen LogP contribution in [0.4, 0.5) is 15.8 Å². The summed E-state index contributed by atoms with van der Waals surface area (Å²) in [7, 11) is 0. The van der Waals surface area contributed by atoms with Crippen molar-refractivity contribution in [3.8, 4) is 0 Å². The first-order valence-electron chi connectivity index (χ1n) is 7.51. The van der Waals surface area contributed by atoms with Crippen LogP contribution in [-0.2, 0) is 6.42 Å². The van der Waals surface area contributed by atoms with Gasteiger partial charge < -0.3 is 10.6 Å². The smallest absolute Gasteiger partial charge is 0.175 e. The van der Waals surface area contributed by atoms with E-state index in [4.69, 9.17) is 12.2 Å². The van der Waals surface area contributed by atoms with Crippen LogP contribution in [0.1, 0.15) is 30.9 Å². The highest BCUT2D eigenvalue weighted by Crippen LogP contribution is 2.16. The van der Waals surface area contributed by atoms with Crippen LogP contribution >= 0.6 is 12.2 Å². The van der Waals surface area contributed by atoms with Crippen LogP contribution in [0.15, 0.2) is 42.5 Å². The van der Waals surface area contributed by atoms with Crippen molar-refractivity contribution in [2.75, 3.05) is 10.6 Å². The summed E-state index contributed by atoms with van der Waals surface area (Å²) in [6.45, 7) is 4.04. The van der Waals surface area contributed by atoms with Crippen molar-refractivity contribution in [1.29, 1.82) is 0 Å². The molecule has 0 atom stereocenters. The minimum Gasteiger partial charge on any atom is -0.332 e. The summed E-state index contributed by atoms with van der Waals surface area (Å²) in [5.74, 6) is -0.306. The van der Waals surface area contributed by atoms with E-state index >= 15 is 0 Å². The van der Waals surface area contributed by atoms with E-state index in [9.17, 15) is 4.39 Å². The molecule has 0 spiro atoms. The van der Waals surface area contributed by atoms with Gasteiger partial charge in [0.2, 0.25) is 0 Å². The first-order chi connectivity index (χ1) is 10.6. The third kappa shape index (κ3) is 4.81. The van der Waals surface area contributed by atoms with E-state index in [1.807, 2.05) is 25.1 Å². The molecule has 0 bridgehead atoms. The van der Waals surface area contributed by atoms with Crippen molar-refractivity contribution < 1.29 is 4.39 Å². The lowest BCUT2D eigenvalue weighted by Crippen LogP contribution is -2.19. The number of aryl methyl sites for hydroxylation is 2. The van der Waals surface area contributed by atoms with E-state index in [0.29, 0.717) is 10.8 Å². The first kappa shape index (κ1) is 16.4. The normalized spacial score (nSPS) is 10.3. The Labute approximate surface area is 136 Å². The number of benzene rings is 2. The number of unbranched alkanes of at least 4 members (excludes halogenated alkanes) is 1. The van der Waals surface area contributed by atoms with Gasteiger partial charge in [-0.1, -0.05) is 31.5 Å². The zero-order valence-corrected chi connectivity index (χ0v) is 13.8. The fourth-order valence-electron chi connectivity index (χ4n) is 2.14. The van der Waals surface area contributed by atoms with Crippen molar-refractivity contribution in [1.82, 2.24) is 0 Å². The number of thiocarbonyl (C=S) groups is 1. The van der Waals surface area contributed by atoms with Crippen LogP contribution in [0.3, 0.4) is 0 Å². The number of rotatable bonds is 5. The lowest BCUT2D eigenvalue weighted by Gasteiger charge is -2.12. The lowest BCUT2D eigenvalue weighted by molar-refractivity contribution is 0.631. The number of hydrogen-bond donors (Lipinski definition) is 2. The molecule has 2 nitrogen and oxygen atoms in total. The fraction of sp³-hybridized carbons (Fsp3) is 0.278. The van der Waals surface area contributed by atoms with Gasteiger partial charge in [0.05, 0.1) is 5.69 Å². The monoisotopic (exact) mass is 316 g/mol. The first-order valence-corrected chi connectivity index (χ1v) is 7.92. The molecule has 2 rings (SSSR count). The van der Waals surface area contributed by atoms with Gasteiger partial charge in [0.25, 0.3) is 0 Å². The van der Waals surface area contributed by atoms with Crippen molar-refractivity contribution in [3.63, 3.8) is 0 Å². The molecule has 2 N–H and O–H groups in total. The number of halogens is 1. The highest BCUT2D eigenvalue weighted by molar-refractivity contribution is 7.80. The molecule has 2 aromatic rings. The molecule has 2 aromatic carbocycles. The van der Waals surface area contributed by atoms with Crippen molar-refractivity contribution >= 4 is 28.7 Å². The lowest BCUT2D eigenvalue weighted by atomic mass is 10.1. The summed E-state index contributed by atoms with van der Waals surface area (Å²) in [5.41, 5.74) is 3.47.